The molecule has 4 aromatic rings. The maximum Gasteiger partial charge on any atom is 0.223 e. The summed E-state index contributed by atoms with van der Waals surface area (Å²) >= 11 is 8.40. The summed E-state index contributed by atoms with van der Waals surface area (Å²) in [5.41, 5.74) is 6.99. The van der Waals surface area contributed by atoms with Gasteiger partial charge in [-0.3, -0.25) is 9.78 Å². The number of halogens is 1. The third-order valence-electron chi connectivity index (χ3n) is 7.17. The molecule has 0 aliphatic heterocycles. The molecule has 3 aromatic heterocycles. The number of rotatable bonds is 6. The van der Waals surface area contributed by atoms with Gasteiger partial charge in [-0.05, 0) is 55.5 Å². The number of carbonyl (C=O) groups excluding carboxylic acids is 1. The molecule has 2 aliphatic carbocycles. The Kier molecular flexibility index (Phi) is 6.80. The number of nitrogens with zero attached hydrogens (tertiary/aromatic N) is 4. The van der Waals surface area contributed by atoms with E-state index in [4.69, 9.17) is 21.7 Å². The number of hydrogen-bond donors (Lipinski definition) is 2. The third kappa shape index (κ3) is 4.93. The van der Waals surface area contributed by atoms with Crippen molar-refractivity contribution in [1.82, 2.24) is 25.1 Å². The van der Waals surface area contributed by atoms with Gasteiger partial charge in [-0.25, -0.2) is 9.67 Å². The summed E-state index contributed by atoms with van der Waals surface area (Å²) in [6.45, 7) is 2.31. The molecule has 0 bridgehead atoms. The van der Waals surface area contributed by atoms with Crippen molar-refractivity contribution in [3.05, 3.63) is 64.6 Å². The molecule has 2 N–H and O–H groups in total. The Balaban J connectivity index is 1.40. The van der Waals surface area contributed by atoms with Gasteiger partial charge in [0.25, 0.3) is 0 Å². The van der Waals surface area contributed by atoms with Gasteiger partial charge in [0.05, 0.1) is 32.7 Å². The van der Waals surface area contributed by atoms with E-state index in [2.05, 4.69) is 27.8 Å². The van der Waals surface area contributed by atoms with Crippen LogP contribution in [0.3, 0.4) is 0 Å². The number of aryl methyl sites for hydroxylation is 1. The van der Waals surface area contributed by atoms with Gasteiger partial charge in [0, 0.05) is 43.0 Å². The molecule has 0 spiro atoms. The Bertz CT molecular complexity index is 1440. The number of nitrogens with one attached hydrogen (secondary N) is 2. The van der Waals surface area contributed by atoms with E-state index in [1.54, 1.807) is 6.20 Å². The molecule has 0 atom stereocenters. The molecule has 6 rings (SSSR count). The summed E-state index contributed by atoms with van der Waals surface area (Å²) in [7, 11) is 0. The Morgan fingerprint density at radius 1 is 1.19 bits per heavy atom. The smallest absolute Gasteiger partial charge is 0.223 e. The number of anilines is 1. The van der Waals surface area contributed by atoms with Crippen LogP contribution in [-0.4, -0.2) is 31.7 Å². The van der Waals surface area contributed by atoms with E-state index in [1.807, 2.05) is 29.1 Å². The predicted octanol–water partition coefficient (Wildman–Crippen LogP) is 6.19. The number of pyridine rings is 1. The first-order valence-electron chi connectivity index (χ1n) is 12.9. The minimum atomic E-state index is -0.128. The van der Waals surface area contributed by atoms with Gasteiger partial charge in [-0.15, -0.1) is 0 Å². The molecule has 0 unspecified atom stereocenters. The van der Waals surface area contributed by atoms with Crippen LogP contribution >= 0.6 is 22.9 Å². The number of amides is 1. The summed E-state index contributed by atoms with van der Waals surface area (Å²) in [5, 5.41) is 12.9. The van der Waals surface area contributed by atoms with E-state index < -0.39 is 0 Å². The molecular weight excluding hydrogens is 504 g/mol. The van der Waals surface area contributed by atoms with Crippen molar-refractivity contribution in [2.75, 3.05) is 5.32 Å². The van der Waals surface area contributed by atoms with E-state index in [9.17, 15) is 4.79 Å². The fourth-order valence-corrected chi connectivity index (χ4v) is 6.78. The van der Waals surface area contributed by atoms with E-state index in [0.717, 1.165) is 58.2 Å². The summed E-state index contributed by atoms with van der Waals surface area (Å²) in [5.74, 6) is -0.128. The van der Waals surface area contributed by atoms with Crippen LogP contribution in [0.4, 0.5) is 5.13 Å². The number of benzene rings is 1. The second-order valence-electron chi connectivity index (χ2n) is 9.81. The first-order chi connectivity index (χ1) is 18.1. The summed E-state index contributed by atoms with van der Waals surface area (Å²) in [4.78, 5) is 21.7. The molecular formula is C28H29ClN6OS. The summed E-state index contributed by atoms with van der Waals surface area (Å²) in [6, 6.07) is 10.8. The van der Waals surface area contributed by atoms with Gasteiger partial charge in [0.1, 0.15) is 0 Å². The lowest BCUT2D eigenvalue weighted by atomic mass is 9.95. The Labute approximate surface area is 225 Å². The zero-order valence-electron chi connectivity index (χ0n) is 20.8. The van der Waals surface area contributed by atoms with Crippen LogP contribution < -0.4 is 10.6 Å². The van der Waals surface area contributed by atoms with Gasteiger partial charge < -0.3 is 10.6 Å². The van der Waals surface area contributed by atoms with Gasteiger partial charge >= 0.3 is 0 Å². The molecule has 3 heterocycles. The minimum absolute atomic E-state index is 0.128. The quantitative estimate of drug-likeness (QED) is 0.309. The average Bonchev–Trinajstić information content (AvgIpc) is 3.49. The van der Waals surface area contributed by atoms with Crippen molar-refractivity contribution in [2.24, 2.45) is 0 Å². The van der Waals surface area contributed by atoms with Crippen LogP contribution in [0.25, 0.3) is 27.5 Å². The second-order valence-corrected chi connectivity index (χ2v) is 11.2. The lowest BCUT2D eigenvalue weighted by Gasteiger charge is -2.23. The number of carbonyl (C=O) groups is 1. The lowest BCUT2D eigenvalue weighted by molar-refractivity contribution is -0.114. The van der Waals surface area contributed by atoms with Crippen LogP contribution in [-0.2, 0) is 24.2 Å². The molecule has 7 nitrogen and oxygen atoms in total. The molecule has 1 amide bonds. The number of fused-ring (bicyclic) bond motifs is 3. The number of hydrogen-bond acceptors (Lipinski definition) is 6. The lowest BCUT2D eigenvalue weighted by Crippen LogP contribution is -2.30. The highest BCUT2D eigenvalue weighted by atomic mass is 35.5. The molecule has 0 saturated heterocycles. The van der Waals surface area contributed by atoms with Gasteiger partial charge in [0.15, 0.2) is 5.13 Å². The number of thiazole rings is 1. The molecule has 1 aromatic carbocycles. The maximum absolute atomic E-state index is 11.7. The topological polar surface area (TPSA) is 84.7 Å². The van der Waals surface area contributed by atoms with Crippen molar-refractivity contribution in [2.45, 2.75) is 64.5 Å². The van der Waals surface area contributed by atoms with Crippen LogP contribution in [0.15, 0.2) is 42.7 Å². The van der Waals surface area contributed by atoms with Crippen LogP contribution in [0.1, 0.15) is 55.8 Å². The zero-order valence-corrected chi connectivity index (χ0v) is 22.3. The van der Waals surface area contributed by atoms with Crippen molar-refractivity contribution >= 4 is 34.0 Å². The normalized spacial score (nSPS) is 15.3. The highest BCUT2D eigenvalue weighted by Crippen LogP contribution is 2.44. The third-order valence-corrected chi connectivity index (χ3v) is 8.49. The van der Waals surface area contributed by atoms with Gasteiger partial charge in [-0.2, -0.15) is 5.10 Å². The number of aromatic nitrogens is 4. The molecule has 37 heavy (non-hydrogen) atoms. The largest absolute Gasteiger partial charge is 0.310 e. The van der Waals surface area contributed by atoms with E-state index in [1.165, 1.54) is 55.9 Å². The molecule has 2 aliphatic rings. The Morgan fingerprint density at radius 2 is 2.05 bits per heavy atom. The van der Waals surface area contributed by atoms with Crippen molar-refractivity contribution in [3.8, 4) is 27.5 Å². The van der Waals surface area contributed by atoms with Crippen molar-refractivity contribution in [1.29, 1.82) is 0 Å². The Morgan fingerprint density at radius 3 is 2.81 bits per heavy atom. The first-order valence-corrected chi connectivity index (χ1v) is 14.1. The molecule has 9 heteroatoms. The van der Waals surface area contributed by atoms with E-state index in [-0.39, 0.29) is 5.91 Å². The van der Waals surface area contributed by atoms with Crippen molar-refractivity contribution in [3.63, 3.8) is 0 Å². The maximum atomic E-state index is 11.7. The van der Waals surface area contributed by atoms with Crippen LogP contribution in [0.2, 0.25) is 5.02 Å². The summed E-state index contributed by atoms with van der Waals surface area (Å²) < 4.78 is 1.95. The zero-order chi connectivity index (χ0) is 25.4. The van der Waals surface area contributed by atoms with Crippen molar-refractivity contribution < 1.29 is 4.79 Å². The fourth-order valence-electron chi connectivity index (χ4n) is 5.38. The average molecular weight is 533 g/mol. The fraction of sp³-hybridized carbons (Fsp3) is 0.357. The Hall–Kier alpha value is -3.07. The van der Waals surface area contributed by atoms with Crippen LogP contribution in [0, 0.1) is 0 Å². The minimum Gasteiger partial charge on any atom is -0.310 e. The highest BCUT2D eigenvalue weighted by molar-refractivity contribution is 7.19. The van der Waals surface area contributed by atoms with Gasteiger partial charge in [0.2, 0.25) is 5.91 Å². The standard InChI is InChI=1S/C28H29ClN6OS/c1-17(36)32-28-33-23-11-10-21-25(19-6-5-13-30-16-19)34-35(26(21)27(23)37-28)24-12-9-18(14-22(24)29)15-31-20-7-3-2-4-8-20/h5-6,9,12-14,16,20,31H,2-4,7-8,10-11,15H2,1H3,(H,32,33,36). The first kappa shape index (κ1) is 24.3. The highest BCUT2D eigenvalue weighted by Gasteiger charge is 2.30. The van der Waals surface area contributed by atoms with E-state index >= 15 is 0 Å². The monoisotopic (exact) mass is 532 g/mol. The van der Waals surface area contributed by atoms with Gasteiger partial charge in [-0.1, -0.05) is 48.3 Å². The summed E-state index contributed by atoms with van der Waals surface area (Å²) in [6.07, 6.45) is 11.7. The predicted molar refractivity (Wildman–Crippen MR) is 148 cm³/mol. The molecule has 1 fully saturated rings. The molecule has 190 valence electrons. The molecule has 1 saturated carbocycles. The SMILES string of the molecule is CC(=O)Nc1nc2c(s1)-c1c(c(-c3cccnc3)nn1-c1ccc(CNC3CCCCC3)cc1Cl)CC2. The second kappa shape index (κ2) is 10.4. The molecule has 0 radical (unpaired) electrons. The van der Waals surface area contributed by atoms with E-state index in [0.29, 0.717) is 16.2 Å². The van der Waals surface area contributed by atoms with Crippen LogP contribution in [0.5, 0.6) is 0 Å².